The molecule has 3 N–H and O–H groups in total. The monoisotopic (exact) mass is 269 g/mol. The van der Waals surface area contributed by atoms with Crippen LogP contribution in [0.15, 0.2) is 18.2 Å². The van der Waals surface area contributed by atoms with Crippen LogP contribution in [0.5, 0.6) is 5.75 Å². The summed E-state index contributed by atoms with van der Waals surface area (Å²) in [5.74, 6) is -1.72. The summed E-state index contributed by atoms with van der Waals surface area (Å²) in [5.41, 5.74) is -1.12. The number of nitrogens with one attached hydrogen (secondary N) is 1. The van der Waals surface area contributed by atoms with Crippen LogP contribution in [0.3, 0.4) is 0 Å². The van der Waals surface area contributed by atoms with Crippen molar-refractivity contribution in [1.82, 2.24) is 5.32 Å². The minimum atomic E-state index is -1.19. The second kappa shape index (κ2) is 4.49. The van der Waals surface area contributed by atoms with Gasteiger partial charge in [0.15, 0.2) is 0 Å². The Morgan fingerprint density at radius 1 is 1.33 bits per heavy atom. The third-order valence-electron chi connectivity index (χ3n) is 3.16. The van der Waals surface area contributed by atoms with Gasteiger partial charge in [-0.2, -0.15) is 0 Å². The Balaban J connectivity index is 2.22. The Labute approximate surface area is 108 Å². The van der Waals surface area contributed by atoms with Crippen LogP contribution < -0.4 is 5.32 Å². The van der Waals surface area contributed by atoms with Crippen molar-refractivity contribution in [2.45, 2.75) is 24.8 Å². The number of benzene rings is 1. The van der Waals surface area contributed by atoms with Crippen molar-refractivity contribution in [3.63, 3.8) is 0 Å². The van der Waals surface area contributed by atoms with Crippen molar-refractivity contribution in [3.05, 3.63) is 28.8 Å². The van der Waals surface area contributed by atoms with E-state index in [1.54, 1.807) is 0 Å². The number of aliphatic carboxylic acids is 1. The fourth-order valence-corrected chi connectivity index (χ4v) is 2.10. The number of carboxylic acid groups (broad SMARTS) is 1. The normalized spacial score (nSPS) is 16.7. The summed E-state index contributed by atoms with van der Waals surface area (Å²) in [5, 5.41) is 21.1. The fourth-order valence-electron chi connectivity index (χ4n) is 1.89. The first-order valence-corrected chi connectivity index (χ1v) is 5.87. The molecule has 96 valence electrons. The molecule has 0 radical (unpaired) electrons. The van der Waals surface area contributed by atoms with E-state index in [9.17, 15) is 14.7 Å². The minimum absolute atomic E-state index is 0.0733. The maximum absolute atomic E-state index is 12.0. The van der Waals surface area contributed by atoms with E-state index in [0.29, 0.717) is 12.8 Å². The van der Waals surface area contributed by atoms with Crippen LogP contribution in [0.2, 0.25) is 5.02 Å². The fraction of sp³-hybridized carbons (Fsp3) is 0.333. The number of hydrogen-bond donors (Lipinski definition) is 3. The van der Waals surface area contributed by atoms with E-state index >= 15 is 0 Å². The molecular formula is C12H12ClNO4. The number of carboxylic acids is 1. The molecule has 1 amide bonds. The molecule has 18 heavy (non-hydrogen) atoms. The van der Waals surface area contributed by atoms with Gasteiger partial charge in [-0.05, 0) is 37.5 Å². The highest BCUT2D eigenvalue weighted by molar-refractivity contribution is 6.34. The van der Waals surface area contributed by atoms with Crippen LogP contribution in [0.25, 0.3) is 0 Å². The molecule has 5 nitrogen and oxygen atoms in total. The zero-order valence-electron chi connectivity index (χ0n) is 9.44. The van der Waals surface area contributed by atoms with Gasteiger partial charge in [0, 0.05) is 0 Å². The number of carbonyl (C=O) groups excluding carboxylic acids is 1. The van der Waals surface area contributed by atoms with Gasteiger partial charge in [0.25, 0.3) is 5.91 Å². The highest BCUT2D eigenvalue weighted by Gasteiger charge is 2.45. The van der Waals surface area contributed by atoms with Crippen LogP contribution >= 0.6 is 11.6 Å². The molecular weight excluding hydrogens is 258 g/mol. The SMILES string of the molecule is O=C(NC1(C(=O)O)CCC1)c1cc(O)ccc1Cl. The first kappa shape index (κ1) is 12.7. The molecule has 2 rings (SSSR count). The average Bonchev–Trinajstić information content (AvgIpc) is 2.26. The summed E-state index contributed by atoms with van der Waals surface area (Å²) in [6.07, 6.45) is 1.58. The third kappa shape index (κ3) is 2.13. The van der Waals surface area contributed by atoms with Gasteiger partial charge in [0.05, 0.1) is 10.6 Å². The van der Waals surface area contributed by atoms with Gasteiger partial charge in [-0.1, -0.05) is 11.6 Å². The molecule has 0 bridgehead atoms. The van der Waals surface area contributed by atoms with Gasteiger partial charge in [-0.25, -0.2) is 4.79 Å². The molecule has 1 aliphatic rings. The lowest BCUT2D eigenvalue weighted by atomic mass is 9.76. The molecule has 1 fully saturated rings. The third-order valence-corrected chi connectivity index (χ3v) is 3.49. The smallest absolute Gasteiger partial charge is 0.329 e. The lowest BCUT2D eigenvalue weighted by Crippen LogP contribution is -2.59. The summed E-state index contributed by atoms with van der Waals surface area (Å²) in [7, 11) is 0. The number of amides is 1. The Morgan fingerprint density at radius 2 is 2.00 bits per heavy atom. The van der Waals surface area contributed by atoms with Gasteiger partial charge in [0.1, 0.15) is 11.3 Å². The van der Waals surface area contributed by atoms with Gasteiger partial charge < -0.3 is 15.5 Å². The van der Waals surface area contributed by atoms with E-state index in [1.807, 2.05) is 0 Å². The number of halogens is 1. The van der Waals surface area contributed by atoms with Gasteiger partial charge in [0.2, 0.25) is 0 Å². The number of rotatable bonds is 3. The van der Waals surface area contributed by atoms with Crippen LogP contribution in [-0.2, 0) is 4.79 Å². The van der Waals surface area contributed by atoms with E-state index in [2.05, 4.69) is 5.32 Å². The number of carbonyl (C=O) groups is 2. The lowest BCUT2D eigenvalue weighted by Gasteiger charge is -2.38. The van der Waals surface area contributed by atoms with Crippen LogP contribution in [0, 0.1) is 0 Å². The first-order valence-electron chi connectivity index (χ1n) is 5.49. The van der Waals surface area contributed by atoms with Crippen LogP contribution in [0.1, 0.15) is 29.6 Å². The molecule has 0 atom stereocenters. The van der Waals surface area contributed by atoms with Crippen LogP contribution in [-0.4, -0.2) is 27.6 Å². The number of aromatic hydroxyl groups is 1. The molecule has 0 unspecified atom stereocenters. The van der Waals surface area contributed by atoms with E-state index < -0.39 is 17.4 Å². The summed E-state index contributed by atoms with van der Waals surface area (Å²) in [4.78, 5) is 23.1. The predicted octanol–water partition coefficient (Wildman–Crippen LogP) is 1.78. The Bertz CT molecular complexity index is 511. The summed E-state index contributed by atoms with van der Waals surface area (Å²) in [6, 6.07) is 3.96. The van der Waals surface area contributed by atoms with Crippen molar-refractivity contribution >= 4 is 23.5 Å². The standard InChI is InChI=1S/C12H12ClNO4/c13-9-3-2-7(15)6-8(9)10(16)14-12(11(17)18)4-1-5-12/h2-3,6,15H,1,4-5H2,(H,14,16)(H,17,18). The van der Waals surface area contributed by atoms with E-state index in [4.69, 9.17) is 16.7 Å². The molecule has 0 aliphatic heterocycles. The summed E-state index contributed by atoms with van der Waals surface area (Å²) in [6.45, 7) is 0. The quantitative estimate of drug-likeness (QED) is 0.781. The lowest BCUT2D eigenvalue weighted by molar-refractivity contribution is -0.148. The molecule has 1 aromatic rings. The average molecular weight is 270 g/mol. The molecule has 0 aromatic heterocycles. The van der Waals surface area contributed by atoms with E-state index in [0.717, 1.165) is 6.42 Å². The Hall–Kier alpha value is -1.75. The molecule has 6 heteroatoms. The Morgan fingerprint density at radius 3 is 2.50 bits per heavy atom. The van der Waals surface area contributed by atoms with Crippen molar-refractivity contribution < 1.29 is 19.8 Å². The van der Waals surface area contributed by atoms with Crippen molar-refractivity contribution in [2.24, 2.45) is 0 Å². The maximum atomic E-state index is 12.0. The van der Waals surface area contributed by atoms with Crippen molar-refractivity contribution in [2.75, 3.05) is 0 Å². The zero-order valence-corrected chi connectivity index (χ0v) is 10.2. The van der Waals surface area contributed by atoms with Gasteiger partial charge >= 0.3 is 5.97 Å². The molecule has 0 saturated heterocycles. The second-order valence-corrected chi connectivity index (χ2v) is 4.77. The topological polar surface area (TPSA) is 86.6 Å². The van der Waals surface area contributed by atoms with E-state index in [-0.39, 0.29) is 16.3 Å². The number of phenolic OH excluding ortho intramolecular Hbond substituents is 1. The van der Waals surface area contributed by atoms with Crippen LogP contribution in [0.4, 0.5) is 0 Å². The summed E-state index contributed by atoms with van der Waals surface area (Å²) < 4.78 is 0. The number of phenols is 1. The number of hydrogen-bond acceptors (Lipinski definition) is 3. The molecule has 0 heterocycles. The maximum Gasteiger partial charge on any atom is 0.329 e. The molecule has 0 spiro atoms. The largest absolute Gasteiger partial charge is 0.508 e. The second-order valence-electron chi connectivity index (χ2n) is 4.36. The highest BCUT2D eigenvalue weighted by atomic mass is 35.5. The molecule has 1 aromatic carbocycles. The highest BCUT2D eigenvalue weighted by Crippen LogP contribution is 2.33. The van der Waals surface area contributed by atoms with Gasteiger partial charge in [-0.3, -0.25) is 4.79 Å². The van der Waals surface area contributed by atoms with Gasteiger partial charge in [-0.15, -0.1) is 0 Å². The zero-order chi connectivity index (χ0) is 13.3. The minimum Gasteiger partial charge on any atom is -0.508 e. The first-order chi connectivity index (χ1) is 8.44. The Kier molecular flexibility index (Phi) is 3.17. The van der Waals surface area contributed by atoms with Crippen molar-refractivity contribution in [3.8, 4) is 5.75 Å². The van der Waals surface area contributed by atoms with Crippen molar-refractivity contribution in [1.29, 1.82) is 0 Å². The van der Waals surface area contributed by atoms with E-state index in [1.165, 1.54) is 18.2 Å². The summed E-state index contributed by atoms with van der Waals surface area (Å²) >= 11 is 5.84. The molecule has 1 aliphatic carbocycles. The predicted molar refractivity (Wildman–Crippen MR) is 64.8 cm³/mol. The molecule has 1 saturated carbocycles.